The van der Waals surface area contributed by atoms with Gasteiger partial charge in [0.2, 0.25) is 0 Å². The van der Waals surface area contributed by atoms with Crippen molar-refractivity contribution < 1.29 is 4.79 Å². The molecule has 0 radical (unpaired) electrons. The van der Waals surface area contributed by atoms with Gasteiger partial charge in [-0.25, -0.2) is 0 Å². The molecule has 2 fully saturated rings. The molecule has 0 aliphatic carbocycles. The number of piperidine rings is 1. The first-order valence-electron chi connectivity index (χ1n) is 7.92. The lowest BCUT2D eigenvalue weighted by atomic mass is 9.87. The van der Waals surface area contributed by atoms with E-state index in [9.17, 15) is 4.79 Å². The zero-order chi connectivity index (χ0) is 14.1. The van der Waals surface area contributed by atoms with Gasteiger partial charge in [-0.15, -0.1) is 0 Å². The first-order chi connectivity index (χ1) is 9.60. The summed E-state index contributed by atoms with van der Waals surface area (Å²) in [4.78, 5) is 12.2. The van der Waals surface area contributed by atoms with Gasteiger partial charge in [0, 0.05) is 30.7 Å². The third kappa shape index (κ3) is 3.11. The van der Waals surface area contributed by atoms with Gasteiger partial charge in [0.05, 0.1) is 12.1 Å². The first kappa shape index (κ1) is 13.8. The zero-order valence-electron chi connectivity index (χ0n) is 12.5. The molecule has 3 rings (SSSR count). The predicted octanol–water partition coefficient (Wildman–Crippen LogP) is 2.50. The number of fused-ring (bicyclic) bond motifs is 2. The third-order valence-electron chi connectivity index (χ3n) is 4.66. The fourth-order valence-electron chi connectivity index (χ4n) is 3.70. The molecule has 2 saturated heterocycles. The van der Waals surface area contributed by atoms with Gasteiger partial charge in [-0.3, -0.25) is 9.48 Å². The molecular weight excluding hydrogens is 250 g/mol. The molecule has 4 heteroatoms. The molecule has 0 saturated carbocycles. The van der Waals surface area contributed by atoms with Gasteiger partial charge in [-0.2, -0.15) is 5.10 Å². The highest BCUT2D eigenvalue weighted by Gasteiger charge is 2.34. The molecule has 2 aliphatic rings. The van der Waals surface area contributed by atoms with Crippen LogP contribution in [0.3, 0.4) is 0 Å². The SMILES string of the molecule is CC(C)n1ccc(CC(=O)CC2CC3CCC(C2)N3)n1. The van der Waals surface area contributed by atoms with Crippen molar-refractivity contribution in [1.29, 1.82) is 0 Å². The van der Waals surface area contributed by atoms with Gasteiger partial charge in [0.1, 0.15) is 5.78 Å². The maximum atomic E-state index is 12.2. The zero-order valence-corrected chi connectivity index (χ0v) is 12.5. The summed E-state index contributed by atoms with van der Waals surface area (Å²) in [6.45, 7) is 4.20. The Hall–Kier alpha value is -1.16. The molecule has 2 unspecified atom stereocenters. The van der Waals surface area contributed by atoms with Crippen molar-refractivity contribution in [2.24, 2.45) is 5.92 Å². The highest BCUT2D eigenvalue weighted by atomic mass is 16.1. The van der Waals surface area contributed by atoms with Crippen LogP contribution in [0.2, 0.25) is 0 Å². The molecule has 1 aromatic heterocycles. The molecule has 0 amide bonds. The number of hydrogen-bond acceptors (Lipinski definition) is 3. The molecule has 1 N–H and O–H groups in total. The van der Waals surface area contributed by atoms with Gasteiger partial charge in [0.25, 0.3) is 0 Å². The first-order valence-corrected chi connectivity index (χ1v) is 7.92. The van der Waals surface area contributed by atoms with Crippen molar-refractivity contribution in [3.63, 3.8) is 0 Å². The number of hydrogen-bond donors (Lipinski definition) is 1. The van der Waals surface area contributed by atoms with E-state index in [1.165, 1.54) is 25.7 Å². The number of ketones is 1. The number of rotatable bonds is 5. The molecule has 1 aromatic rings. The quantitative estimate of drug-likeness (QED) is 0.898. The van der Waals surface area contributed by atoms with Crippen molar-refractivity contribution in [3.05, 3.63) is 18.0 Å². The number of nitrogens with zero attached hydrogens (tertiary/aromatic N) is 2. The topological polar surface area (TPSA) is 46.9 Å². The second-order valence-corrected chi connectivity index (χ2v) is 6.78. The predicted molar refractivity (Wildman–Crippen MR) is 78.6 cm³/mol. The summed E-state index contributed by atoms with van der Waals surface area (Å²) >= 11 is 0. The Kier molecular flexibility index (Phi) is 3.92. The second-order valence-electron chi connectivity index (χ2n) is 6.78. The molecule has 2 aliphatic heterocycles. The van der Waals surface area contributed by atoms with Crippen LogP contribution in [0.15, 0.2) is 12.3 Å². The molecule has 2 atom stereocenters. The summed E-state index contributed by atoms with van der Waals surface area (Å²) < 4.78 is 1.92. The van der Waals surface area contributed by atoms with Gasteiger partial charge >= 0.3 is 0 Å². The van der Waals surface area contributed by atoms with E-state index in [0.29, 0.717) is 36.2 Å². The minimum Gasteiger partial charge on any atom is -0.311 e. The van der Waals surface area contributed by atoms with Crippen LogP contribution in [-0.2, 0) is 11.2 Å². The summed E-state index contributed by atoms with van der Waals surface area (Å²) in [5.74, 6) is 0.943. The monoisotopic (exact) mass is 275 g/mol. The van der Waals surface area contributed by atoms with Crippen LogP contribution >= 0.6 is 0 Å². The summed E-state index contributed by atoms with van der Waals surface area (Å²) in [5.41, 5.74) is 0.917. The standard InChI is InChI=1S/C16H25N3O/c1-11(2)19-6-5-15(18-19)10-16(20)9-12-7-13-3-4-14(8-12)17-13/h5-6,11-14,17H,3-4,7-10H2,1-2H3. The molecule has 0 spiro atoms. The second kappa shape index (κ2) is 5.68. The average Bonchev–Trinajstić information content (AvgIpc) is 2.96. The van der Waals surface area contributed by atoms with Gasteiger partial charge in [-0.1, -0.05) is 0 Å². The normalized spacial score (nSPS) is 29.1. The van der Waals surface area contributed by atoms with Crippen LogP contribution < -0.4 is 5.32 Å². The Bertz CT molecular complexity index is 468. The minimum absolute atomic E-state index is 0.352. The van der Waals surface area contributed by atoms with E-state index in [4.69, 9.17) is 0 Å². The van der Waals surface area contributed by atoms with Crippen molar-refractivity contribution >= 4 is 5.78 Å². The smallest absolute Gasteiger partial charge is 0.139 e. The third-order valence-corrected chi connectivity index (χ3v) is 4.66. The molecule has 3 heterocycles. The summed E-state index contributed by atoms with van der Waals surface area (Å²) in [5, 5.41) is 8.10. The van der Waals surface area contributed by atoms with Gasteiger partial charge in [-0.05, 0) is 51.5 Å². The van der Waals surface area contributed by atoms with Gasteiger partial charge < -0.3 is 5.32 Å². The van der Waals surface area contributed by atoms with E-state index in [0.717, 1.165) is 12.1 Å². The Morgan fingerprint density at radius 2 is 2.10 bits per heavy atom. The van der Waals surface area contributed by atoms with E-state index >= 15 is 0 Å². The van der Waals surface area contributed by atoms with Crippen molar-refractivity contribution in [1.82, 2.24) is 15.1 Å². The van der Waals surface area contributed by atoms with E-state index in [1.807, 2.05) is 16.9 Å². The van der Waals surface area contributed by atoms with E-state index < -0.39 is 0 Å². The lowest BCUT2D eigenvalue weighted by Gasteiger charge is -2.28. The molecule has 0 aromatic carbocycles. The highest BCUT2D eigenvalue weighted by molar-refractivity contribution is 5.80. The largest absolute Gasteiger partial charge is 0.311 e. The fraction of sp³-hybridized carbons (Fsp3) is 0.750. The number of carbonyl (C=O) groups excluding carboxylic acids is 1. The summed E-state index contributed by atoms with van der Waals surface area (Å²) in [6.07, 6.45) is 8.17. The van der Waals surface area contributed by atoms with Crippen LogP contribution in [0.5, 0.6) is 0 Å². The molecule has 4 nitrogen and oxygen atoms in total. The summed E-state index contributed by atoms with van der Waals surface area (Å²) in [6, 6.07) is 3.68. The lowest BCUT2D eigenvalue weighted by Crippen LogP contribution is -2.38. The number of carbonyl (C=O) groups is 1. The van der Waals surface area contributed by atoms with Crippen molar-refractivity contribution in [2.75, 3.05) is 0 Å². The Morgan fingerprint density at radius 1 is 1.40 bits per heavy atom. The molecule has 110 valence electrons. The fourth-order valence-corrected chi connectivity index (χ4v) is 3.70. The number of nitrogens with one attached hydrogen (secondary N) is 1. The summed E-state index contributed by atoms with van der Waals surface area (Å²) in [7, 11) is 0. The lowest BCUT2D eigenvalue weighted by molar-refractivity contribution is -0.119. The van der Waals surface area contributed by atoms with E-state index in [2.05, 4.69) is 24.3 Å². The molecule has 20 heavy (non-hydrogen) atoms. The van der Waals surface area contributed by atoms with Crippen LogP contribution in [0, 0.1) is 5.92 Å². The van der Waals surface area contributed by atoms with E-state index in [-0.39, 0.29) is 0 Å². The van der Waals surface area contributed by atoms with Crippen molar-refractivity contribution in [3.8, 4) is 0 Å². The van der Waals surface area contributed by atoms with Crippen LogP contribution in [0.1, 0.15) is 57.7 Å². The van der Waals surface area contributed by atoms with Crippen LogP contribution in [-0.4, -0.2) is 27.6 Å². The van der Waals surface area contributed by atoms with Gasteiger partial charge in [0.15, 0.2) is 0 Å². The Labute approximate surface area is 120 Å². The average molecular weight is 275 g/mol. The Balaban J connectivity index is 1.51. The highest BCUT2D eigenvalue weighted by Crippen LogP contribution is 2.32. The molecule has 2 bridgehead atoms. The maximum absolute atomic E-state index is 12.2. The van der Waals surface area contributed by atoms with Crippen LogP contribution in [0.4, 0.5) is 0 Å². The minimum atomic E-state index is 0.352. The number of aromatic nitrogens is 2. The maximum Gasteiger partial charge on any atom is 0.139 e. The Morgan fingerprint density at radius 3 is 2.70 bits per heavy atom. The molecular formula is C16H25N3O. The van der Waals surface area contributed by atoms with E-state index in [1.54, 1.807) is 0 Å². The van der Waals surface area contributed by atoms with Crippen LogP contribution in [0.25, 0.3) is 0 Å². The number of Topliss-reactive ketones (excluding diaryl/α,β-unsaturated/α-hetero) is 1. The van der Waals surface area contributed by atoms with Crippen molar-refractivity contribution in [2.45, 2.75) is 70.5 Å².